The van der Waals surface area contributed by atoms with Crippen molar-refractivity contribution in [2.75, 3.05) is 13.2 Å². The van der Waals surface area contributed by atoms with Gasteiger partial charge in [0, 0.05) is 0 Å². The molecule has 2 aromatic rings. The molecule has 2 N–H and O–H groups in total. The highest BCUT2D eigenvalue weighted by Crippen LogP contribution is 2.36. The van der Waals surface area contributed by atoms with Crippen molar-refractivity contribution in [2.24, 2.45) is 5.73 Å². The van der Waals surface area contributed by atoms with E-state index in [1.54, 1.807) is 0 Å². The fourth-order valence-corrected chi connectivity index (χ4v) is 2.19. The second kappa shape index (κ2) is 6.24. The van der Waals surface area contributed by atoms with Gasteiger partial charge in [0.15, 0.2) is 5.82 Å². The van der Waals surface area contributed by atoms with Gasteiger partial charge in [0.1, 0.15) is 19.0 Å². The predicted octanol–water partition coefficient (Wildman–Crippen LogP) is 2.00. The summed E-state index contributed by atoms with van der Waals surface area (Å²) >= 11 is 0. The van der Waals surface area contributed by atoms with Crippen LogP contribution in [0.1, 0.15) is 31.0 Å². The molecule has 1 aromatic heterocycles. The summed E-state index contributed by atoms with van der Waals surface area (Å²) in [7, 11) is 0. The molecular weight excluding hydrogens is 270 g/mol. The molecule has 0 spiro atoms. The number of para-hydroxylation sites is 1. The van der Waals surface area contributed by atoms with Crippen molar-refractivity contribution in [1.82, 2.24) is 10.1 Å². The maximum Gasteiger partial charge on any atom is 0.252 e. The third-order valence-electron chi connectivity index (χ3n) is 3.62. The summed E-state index contributed by atoms with van der Waals surface area (Å²) in [5.74, 6) is 1.88. The molecule has 112 valence electrons. The number of ether oxygens (including phenoxy) is 2. The third kappa shape index (κ3) is 3.40. The van der Waals surface area contributed by atoms with Crippen molar-refractivity contribution < 1.29 is 14.0 Å². The monoisotopic (exact) mass is 289 g/mol. The quantitative estimate of drug-likeness (QED) is 0.785. The van der Waals surface area contributed by atoms with E-state index in [0.29, 0.717) is 24.9 Å². The first kappa shape index (κ1) is 14.0. The molecule has 0 radical (unpaired) electrons. The van der Waals surface area contributed by atoms with E-state index in [4.69, 9.17) is 19.7 Å². The van der Waals surface area contributed by atoms with Crippen LogP contribution in [0.4, 0.5) is 0 Å². The lowest BCUT2D eigenvalue weighted by Gasteiger charge is -2.34. The molecule has 0 atom stereocenters. The van der Waals surface area contributed by atoms with Crippen LogP contribution in [-0.2, 0) is 16.9 Å². The fourth-order valence-electron chi connectivity index (χ4n) is 2.19. The lowest BCUT2D eigenvalue weighted by molar-refractivity contribution is 0.0720. The Kier molecular flexibility index (Phi) is 4.17. The van der Waals surface area contributed by atoms with Gasteiger partial charge in [0.25, 0.3) is 5.89 Å². The van der Waals surface area contributed by atoms with Crippen molar-refractivity contribution in [2.45, 2.75) is 31.4 Å². The van der Waals surface area contributed by atoms with E-state index in [-0.39, 0.29) is 6.61 Å². The van der Waals surface area contributed by atoms with Crippen LogP contribution in [0.25, 0.3) is 0 Å². The zero-order chi connectivity index (χ0) is 14.5. The van der Waals surface area contributed by atoms with Crippen molar-refractivity contribution in [3.8, 4) is 5.75 Å². The molecule has 0 unspecified atom stereocenters. The fraction of sp³-hybridized carbons (Fsp3) is 0.467. The molecule has 1 saturated carbocycles. The van der Waals surface area contributed by atoms with E-state index in [9.17, 15) is 0 Å². The molecule has 1 fully saturated rings. The van der Waals surface area contributed by atoms with Crippen LogP contribution in [-0.4, -0.2) is 23.4 Å². The molecule has 3 rings (SSSR count). The van der Waals surface area contributed by atoms with Gasteiger partial charge in [0.2, 0.25) is 0 Å². The molecule has 1 heterocycles. The maximum atomic E-state index is 6.13. The Morgan fingerprint density at radius 2 is 2.00 bits per heavy atom. The minimum absolute atomic E-state index is 0.279. The van der Waals surface area contributed by atoms with E-state index in [1.165, 1.54) is 0 Å². The van der Waals surface area contributed by atoms with Crippen molar-refractivity contribution in [3.63, 3.8) is 0 Å². The second-order valence-corrected chi connectivity index (χ2v) is 5.24. The number of hydrogen-bond donors (Lipinski definition) is 1. The number of benzene rings is 1. The number of rotatable bonds is 7. The van der Waals surface area contributed by atoms with Crippen LogP contribution in [0.5, 0.6) is 5.75 Å². The zero-order valence-corrected chi connectivity index (χ0v) is 11.8. The van der Waals surface area contributed by atoms with Crippen molar-refractivity contribution in [1.29, 1.82) is 0 Å². The van der Waals surface area contributed by atoms with E-state index in [1.807, 2.05) is 30.3 Å². The Morgan fingerprint density at radius 1 is 1.19 bits per heavy atom. The average Bonchev–Trinajstić information content (AvgIpc) is 2.95. The van der Waals surface area contributed by atoms with Crippen LogP contribution in [0, 0.1) is 0 Å². The molecule has 1 aromatic carbocycles. The molecule has 21 heavy (non-hydrogen) atoms. The largest absolute Gasteiger partial charge is 0.491 e. The lowest BCUT2D eigenvalue weighted by atomic mass is 9.77. The first-order valence-corrected chi connectivity index (χ1v) is 7.14. The third-order valence-corrected chi connectivity index (χ3v) is 3.62. The highest BCUT2D eigenvalue weighted by atomic mass is 16.5. The first-order chi connectivity index (χ1) is 10.3. The molecule has 6 nitrogen and oxygen atoms in total. The first-order valence-electron chi connectivity index (χ1n) is 7.14. The van der Waals surface area contributed by atoms with Crippen LogP contribution in [0.3, 0.4) is 0 Å². The van der Waals surface area contributed by atoms with Crippen LogP contribution in [0.2, 0.25) is 0 Å². The Labute approximate surface area is 123 Å². The van der Waals surface area contributed by atoms with Gasteiger partial charge in [-0.3, -0.25) is 0 Å². The molecule has 0 saturated heterocycles. The van der Waals surface area contributed by atoms with Crippen molar-refractivity contribution >= 4 is 0 Å². The summed E-state index contributed by atoms with van der Waals surface area (Å²) in [6.07, 6.45) is 2.95. The predicted molar refractivity (Wildman–Crippen MR) is 75.6 cm³/mol. The van der Waals surface area contributed by atoms with Gasteiger partial charge in [0.05, 0.1) is 12.1 Å². The minimum atomic E-state index is -0.391. The van der Waals surface area contributed by atoms with E-state index in [2.05, 4.69) is 10.1 Å². The summed E-state index contributed by atoms with van der Waals surface area (Å²) in [6.45, 7) is 1.22. The molecule has 1 aliphatic rings. The lowest BCUT2D eigenvalue weighted by Crippen LogP contribution is -2.44. The number of nitrogens with two attached hydrogens (primary N) is 1. The maximum absolute atomic E-state index is 6.13. The van der Waals surface area contributed by atoms with E-state index in [0.717, 1.165) is 25.0 Å². The summed E-state index contributed by atoms with van der Waals surface area (Å²) in [5.41, 5.74) is 5.74. The van der Waals surface area contributed by atoms with Gasteiger partial charge in [-0.1, -0.05) is 23.4 Å². The smallest absolute Gasteiger partial charge is 0.252 e. The summed E-state index contributed by atoms with van der Waals surface area (Å²) in [5, 5.41) is 3.93. The van der Waals surface area contributed by atoms with Gasteiger partial charge in [-0.2, -0.15) is 4.98 Å². The van der Waals surface area contributed by atoms with E-state index >= 15 is 0 Å². The van der Waals surface area contributed by atoms with E-state index < -0.39 is 5.54 Å². The van der Waals surface area contributed by atoms with Gasteiger partial charge >= 0.3 is 0 Å². The molecular formula is C15H19N3O3. The van der Waals surface area contributed by atoms with Gasteiger partial charge in [-0.25, -0.2) is 0 Å². The molecule has 0 aliphatic heterocycles. The highest BCUT2D eigenvalue weighted by molar-refractivity contribution is 5.20. The Bertz CT molecular complexity index is 567. The Balaban J connectivity index is 1.38. The average molecular weight is 289 g/mol. The Morgan fingerprint density at radius 3 is 2.71 bits per heavy atom. The summed E-state index contributed by atoms with van der Waals surface area (Å²) < 4.78 is 16.1. The normalized spacial score (nSPS) is 16.4. The van der Waals surface area contributed by atoms with Crippen LogP contribution >= 0.6 is 0 Å². The number of nitrogens with zero attached hydrogens (tertiary/aromatic N) is 2. The molecule has 0 bridgehead atoms. The van der Waals surface area contributed by atoms with Gasteiger partial charge in [-0.05, 0) is 31.4 Å². The summed E-state index contributed by atoms with van der Waals surface area (Å²) in [4.78, 5) is 4.29. The Hall–Kier alpha value is -1.92. The standard InChI is InChI=1S/C15H19N3O3/c16-15(7-4-8-15)14-17-13(21-18-14)11-19-9-10-20-12-5-2-1-3-6-12/h1-3,5-6H,4,7-11,16H2. The van der Waals surface area contributed by atoms with Crippen LogP contribution < -0.4 is 10.5 Å². The van der Waals surface area contributed by atoms with Crippen LogP contribution in [0.15, 0.2) is 34.9 Å². The molecule has 0 amide bonds. The zero-order valence-electron chi connectivity index (χ0n) is 11.8. The minimum Gasteiger partial charge on any atom is -0.491 e. The highest BCUT2D eigenvalue weighted by Gasteiger charge is 2.38. The van der Waals surface area contributed by atoms with Gasteiger partial charge in [-0.15, -0.1) is 0 Å². The SMILES string of the molecule is NC1(c2noc(COCCOc3ccccc3)n2)CCC1. The molecule has 1 aliphatic carbocycles. The number of aromatic nitrogens is 2. The van der Waals surface area contributed by atoms with Gasteiger partial charge < -0.3 is 19.7 Å². The topological polar surface area (TPSA) is 83.4 Å². The summed E-state index contributed by atoms with van der Waals surface area (Å²) in [6, 6.07) is 9.62. The number of hydrogen-bond acceptors (Lipinski definition) is 6. The second-order valence-electron chi connectivity index (χ2n) is 5.24. The van der Waals surface area contributed by atoms with Crippen molar-refractivity contribution in [3.05, 3.63) is 42.0 Å². The molecule has 6 heteroatoms.